The number of amides is 1. The van der Waals surface area contributed by atoms with Gasteiger partial charge in [-0.25, -0.2) is 0 Å². The van der Waals surface area contributed by atoms with E-state index in [2.05, 4.69) is 34.5 Å². The third-order valence-electron chi connectivity index (χ3n) is 7.22. The minimum atomic E-state index is -0.738. The molecule has 4 rings (SSSR count). The van der Waals surface area contributed by atoms with E-state index in [-0.39, 0.29) is 29.6 Å². The van der Waals surface area contributed by atoms with Crippen LogP contribution in [0.25, 0.3) is 0 Å². The zero-order valence-electron chi connectivity index (χ0n) is 22.0. The molecule has 2 heterocycles. The van der Waals surface area contributed by atoms with Crippen molar-refractivity contribution < 1.29 is 24.2 Å². The SMILES string of the molecule is COc1cc([C@@H](CC(=O)NCCC2CCN(Cc3ccccc3)CC2)c2oc(C)cc(=O)c2O)ccc1O. The van der Waals surface area contributed by atoms with Gasteiger partial charge in [-0.15, -0.1) is 0 Å². The van der Waals surface area contributed by atoms with Gasteiger partial charge in [-0.3, -0.25) is 14.5 Å². The van der Waals surface area contributed by atoms with Gasteiger partial charge in [0.15, 0.2) is 17.3 Å². The van der Waals surface area contributed by atoms with Crippen LogP contribution >= 0.6 is 0 Å². The zero-order valence-corrected chi connectivity index (χ0v) is 22.0. The molecule has 1 amide bonds. The smallest absolute Gasteiger partial charge is 0.227 e. The van der Waals surface area contributed by atoms with Crippen LogP contribution < -0.4 is 15.5 Å². The molecule has 0 saturated carbocycles. The lowest BCUT2D eigenvalue weighted by Crippen LogP contribution is -2.35. The summed E-state index contributed by atoms with van der Waals surface area (Å²) in [5.74, 6) is -0.405. The van der Waals surface area contributed by atoms with Crippen molar-refractivity contribution in [2.75, 3.05) is 26.7 Å². The van der Waals surface area contributed by atoms with Crippen molar-refractivity contribution >= 4 is 5.91 Å². The van der Waals surface area contributed by atoms with E-state index in [0.717, 1.165) is 38.9 Å². The maximum absolute atomic E-state index is 13.0. The van der Waals surface area contributed by atoms with Crippen LogP contribution in [0.2, 0.25) is 0 Å². The molecule has 8 nitrogen and oxygen atoms in total. The number of hydrogen-bond donors (Lipinski definition) is 3. The number of phenols is 1. The molecule has 0 spiro atoms. The van der Waals surface area contributed by atoms with Crippen molar-refractivity contribution in [3.05, 3.63) is 87.5 Å². The first-order chi connectivity index (χ1) is 18.3. The van der Waals surface area contributed by atoms with Crippen LogP contribution in [0.3, 0.4) is 0 Å². The summed E-state index contributed by atoms with van der Waals surface area (Å²) < 4.78 is 10.9. The van der Waals surface area contributed by atoms with Crippen molar-refractivity contribution in [1.29, 1.82) is 0 Å². The molecule has 3 N–H and O–H groups in total. The predicted octanol–water partition coefficient (Wildman–Crippen LogP) is 4.31. The Labute approximate surface area is 222 Å². The molecule has 1 atom stereocenters. The fourth-order valence-electron chi connectivity index (χ4n) is 5.08. The predicted molar refractivity (Wildman–Crippen MR) is 145 cm³/mol. The lowest BCUT2D eigenvalue weighted by atomic mass is 9.91. The first kappa shape index (κ1) is 27.3. The first-order valence-electron chi connectivity index (χ1n) is 13.1. The summed E-state index contributed by atoms with van der Waals surface area (Å²) in [4.78, 5) is 27.7. The maximum Gasteiger partial charge on any atom is 0.227 e. The van der Waals surface area contributed by atoms with Crippen molar-refractivity contribution in [2.24, 2.45) is 5.92 Å². The molecule has 0 aliphatic carbocycles. The van der Waals surface area contributed by atoms with Gasteiger partial charge >= 0.3 is 0 Å². The van der Waals surface area contributed by atoms with E-state index in [0.29, 0.717) is 23.8 Å². The number of ether oxygens (including phenoxy) is 1. The number of methoxy groups -OCH3 is 1. The number of benzene rings is 2. The third kappa shape index (κ3) is 6.95. The van der Waals surface area contributed by atoms with Crippen LogP contribution in [0, 0.1) is 12.8 Å². The quantitative estimate of drug-likeness (QED) is 0.365. The highest BCUT2D eigenvalue weighted by atomic mass is 16.5. The Bertz CT molecular complexity index is 1280. The third-order valence-corrected chi connectivity index (χ3v) is 7.22. The van der Waals surface area contributed by atoms with Gasteiger partial charge in [-0.2, -0.15) is 0 Å². The summed E-state index contributed by atoms with van der Waals surface area (Å²) >= 11 is 0. The molecule has 1 fully saturated rings. The highest BCUT2D eigenvalue weighted by Crippen LogP contribution is 2.37. The number of piperidine rings is 1. The minimum Gasteiger partial charge on any atom is -0.504 e. The molecule has 1 saturated heterocycles. The van der Waals surface area contributed by atoms with E-state index < -0.39 is 17.1 Å². The fourth-order valence-corrected chi connectivity index (χ4v) is 5.08. The van der Waals surface area contributed by atoms with Gasteiger partial charge in [0.25, 0.3) is 0 Å². The van der Waals surface area contributed by atoms with Crippen molar-refractivity contribution in [3.63, 3.8) is 0 Å². The molecule has 8 heteroatoms. The molecule has 0 unspecified atom stereocenters. The Balaban J connectivity index is 1.36. The molecule has 202 valence electrons. The second-order valence-corrected chi connectivity index (χ2v) is 9.97. The monoisotopic (exact) mass is 520 g/mol. The Kier molecular flexibility index (Phi) is 9.07. The Morgan fingerprint density at radius 2 is 1.87 bits per heavy atom. The molecule has 1 aromatic heterocycles. The fraction of sp³-hybridized carbons (Fsp3) is 0.400. The number of hydrogen-bond acceptors (Lipinski definition) is 7. The molecule has 0 bridgehead atoms. The van der Waals surface area contributed by atoms with Crippen molar-refractivity contribution in [1.82, 2.24) is 10.2 Å². The lowest BCUT2D eigenvalue weighted by molar-refractivity contribution is -0.121. The average Bonchev–Trinajstić information content (AvgIpc) is 2.91. The standard InChI is InChI=1S/C30H36N2O6/c1-20-16-26(34)29(36)30(38-20)24(23-8-9-25(33)27(17-23)37-2)18-28(35)31-13-10-21-11-14-32(15-12-21)19-22-6-4-3-5-7-22/h3-9,16-17,21,24,33,36H,10-15,18-19H2,1-2H3,(H,31,35)/t24-/m1/s1. The van der Waals surface area contributed by atoms with Crippen LogP contribution in [-0.2, 0) is 11.3 Å². The van der Waals surface area contributed by atoms with Crippen LogP contribution in [0.5, 0.6) is 17.2 Å². The van der Waals surface area contributed by atoms with E-state index in [4.69, 9.17) is 9.15 Å². The van der Waals surface area contributed by atoms with Gasteiger partial charge in [-0.1, -0.05) is 36.4 Å². The van der Waals surface area contributed by atoms with Gasteiger partial charge in [0.2, 0.25) is 17.1 Å². The second kappa shape index (κ2) is 12.6. The summed E-state index contributed by atoms with van der Waals surface area (Å²) in [6.07, 6.45) is 3.05. The van der Waals surface area contributed by atoms with Crippen LogP contribution in [-0.4, -0.2) is 47.8 Å². The van der Waals surface area contributed by atoms with E-state index in [1.807, 2.05) is 6.07 Å². The number of aromatic hydroxyl groups is 2. The van der Waals surface area contributed by atoms with E-state index in [1.54, 1.807) is 19.1 Å². The normalized spacial score (nSPS) is 15.2. The summed E-state index contributed by atoms with van der Waals surface area (Å²) in [6.45, 7) is 5.23. The lowest BCUT2D eigenvalue weighted by Gasteiger charge is -2.32. The van der Waals surface area contributed by atoms with Gasteiger partial charge < -0.3 is 24.7 Å². The number of carbonyl (C=O) groups is 1. The summed E-state index contributed by atoms with van der Waals surface area (Å²) in [6, 6.07) is 16.4. The molecule has 38 heavy (non-hydrogen) atoms. The molecule has 1 aliphatic heterocycles. The number of nitrogens with one attached hydrogen (secondary N) is 1. The highest BCUT2D eigenvalue weighted by molar-refractivity contribution is 5.77. The Morgan fingerprint density at radius 3 is 2.58 bits per heavy atom. The van der Waals surface area contributed by atoms with Crippen molar-refractivity contribution in [2.45, 2.75) is 45.1 Å². The summed E-state index contributed by atoms with van der Waals surface area (Å²) in [5.41, 5.74) is 1.33. The molecule has 0 radical (unpaired) electrons. The molecular formula is C30H36N2O6. The zero-order chi connectivity index (χ0) is 27.1. The van der Waals surface area contributed by atoms with Crippen LogP contribution in [0.1, 0.15) is 54.2 Å². The summed E-state index contributed by atoms with van der Waals surface area (Å²) in [5, 5.41) is 23.5. The van der Waals surface area contributed by atoms with Crippen LogP contribution in [0.4, 0.5) is 0 Å². The van der Waals surface area contributed by atoms with E-state index >= 15 is 0 Å². The first-order valence-corrected chi connectivity index (χ1v) is 13.1. The maximum atomic E-state index is 13.0. The highest BCUT2D eigenvalue weighted by Gasteiger charge is 2.27. The largest absolute Gasteiger partial charge is 0.504 e. The number of likely N-dealkylation sites (tertiary alicyclic amines) is 1. The average molecular weight is 521 g/mol. The number of carbonyl (C=O) groups excluding carboxylic acids is 1. The number of aryl methyl sites for hydroxylation is 1. The van der Waals surface area contributed by atoms with E-state index in [9.17, 15) is 19.8 Å². The summed E-state index contributed by atoms with van der Waals surface area (Å²) in [7, 11) is 1.43. The minimum absolute atomic E-state index is 0.0173. The molecule has 3 aromatic rings. The molecule has 1 aliphatic rings. The number of nitrogens with zero attached hydrogens (tertiary/aromatic N) is 1. The molecule has 2 aromatic carbocycles. The van der Waals surface area contributed by atoms with Crippen LogP contribution in [0.15, 0.2) is 63.8 Å². The van der Waals surface area contributed by atoms with Gasteiger partial charge in [-0.05, 0) is 68.5 Å². The number of rotatable bonds is 10. The number of phenolic OH excluding ortho intramolecular Hbond substituents is 1. The topological polar surface area (TPSA) is 112 Å². The van der Waals surface area contributed by atoms with Crippen molar-refractivity contribution in [3.8, 4) is 17.2 Å². The van der Waals surface area contributed by atoms with E-state index in [1.165, 1.54) is 24.8 Å². The molecular weight excluding hydrogens is 484 g/mol. The Morgan fingerprint density at radius 1 is 1.13 bits per heavy atom. The Hall–Kier alpha value is -3.78. The van der Waals surface area contributed by atoms with Gasteiger partial charge in [0, 0.05) is 25.6 Å². The van der Waals surface area contributed by atoms with Gasteiger partial charge in [0.05, 0.1) is 13.0 Å². The second-order valence-electron chi connectivity index (χ2n) is 9.97. The van der Waals surface area contributed by atoms with Gasteiger partial charge in [0.1, 0.15) is 5.76 Å².